The Morgan fingerprint density at radius 1 is 1.16 bits per heavy atom. The molecule has 2 aliphatic rings. The van der Waals surface area contributed by atoms with Gasteiger partial charge in [0.15, 0.2) is 5.96 Å². The molecule has 2 atom stereocenters. The first-order valence-corrected chi connectivity index (χ1v) is 12.0. The van der Waals surface area contributed by atoms with Gasteiger partial charge in [0, 0.05) is 44.7 Å². The number of aliphatic imine (C=N–C) groups is 1. The van der Waals surface area contributed by atoms with Crippen LogP contribution in [0.3, 0.4) is 0 Å². The van der Waals surface area contributed by atoms with E-state index in [0.29, 0.717) is 18.4 Å². The first-order valence-electron chi connectivity index (χ1n) is 12.0. The number of ether oxygens (including phenoxy) is 1. The molecule has 0 bridgehead atoms. The molecule has 2 rings (SSSR count). The lowest BCUT2D eigenvalue weighted by molar-refractivity contribution is -0.135. The van der Waals surface area contributed by atoms with Gasteiger partial charge in [-0.2, -0.15) is 0 Å². The van der Waals surface area contributed by atoms with Crippen LogP contribution in [0.4, 0.5) is 4.79 Å². The van der Waals surface area contributed by atoms with E-state index < -0.39 is 11.7 Å². The average molecular weight is 566 g/mol. The fourth-order valence-corrected chi connectivity index (χ4v) is 4.34. The molecule has 1 aliphatic heterocycles. The Hall–Kier alpha value is -1.26. The fourth-order valence-electron chi connectivity index (χ4n) is 4.34. The number of guanidine groups is 1. The second-order valence-corrected chi connectivity index (χ2v) is 9.83. The monoisotopic (exact) mass is 565 g/mol. The molecule has 0 aromatic rings. The minimum Gasteiger partial charge on any atom is -0.444 e. The van der Waals surface area contributed by atoms with Gasteiger partial charge in [0.2, 0.25) is 5.91 Å². The molecule has 1 saturated carbocycles. The zero-order chi connectivity index (χ0) is 22.9. The van der Waals surface area contributed by atoms with Crippen molar-refractivity contribution in [3.8, 4) is 0 Å². The van der Waals surface area contributed by atoms with Crippen LogP contribution in [0.2, 0.25) is 0 Å². The number of halogens is 1. The maximum atomic E-state index is 12.8. The molecule has 3 N–H and O–H groups in total. The average Bonchev–Trinajstić information content (AvgIpc) is 3.18. The van der Waals surface area contributed by atoms with Gasteiger partial charge in [0.25, 0.3) is 0 Å². The number of amides is 2. The standard InChI is InChI=1S/C23H43N5O3.HI/c1-6-10-18(27-22(30)31-23(2,3)4)15-25-21(24-5)26-19-13-14-28(16-19)20(29)17-11-8-7-9-12-17;/h17-19H,6-16H2,1-5H3,(H,27,30)(H2,24,25,26);1H. The third-order valence-electron chi connectivity index (χ3n) is 5.89. The predicted octanol–water partition coefficient (Wildman–Crippen LogP) is 3.64. The van der Waals surface area contributed by atoms with Crippen molar-refractivity contribution in [3.05, 3.63) is 0 Å². The van der Waals surface area contributed by atoms with E-state index in [2.05, 4.69) is 27.9 Å². The number of nitrogens with one attached hydrogen (secondary N) is 3. The Kier molecular flexibility index (Phi) is 12.7. The molecule has 1 saturated heterocycles. The lowest BCUT2D eigenvalue weighted by Gasteiger charge is -2.27. The first-order chi connectivity index (χ1) is 14.7. The lowest BCUT2D eigenvalue weighted by Crippen LogP contribution is -2.50. The van der Waals surface area contributed by atoms with E-state index in [4.69, 9.17) is 4.74 Å². The Bertz CT molecular complexity index is 617. The van der Waals surface area contributed by atoms with Gasteiger partial charge >= 0.3 is 6.09 Å². The number of hydrogen-bond acceptors (Lipinski definition) is 4. The maximum absolute atomic E-state index is 12.8. The van der Waals surface area contributed by atoms with E-state index in [1.807, 2.05) is 25.7 Å². The highest BCUT2D eigenvalue weighted by atomic mass is 127. The number of likely N-dealkylation sites (tertiary alicyclic amines) is 1. The van der Waals surface area contributed by atoms with Crippen molar-refractivity contribution < 1.29 is 14.3 Å². The highest BCUT2D eigenvalue weighted by molar-refractivity contribution is 14.0. The van der Waals surface area contributed by atoms with Gasteiger partial charge in [-0.3, -0.25) is 9.79 Å². The van der Waals surface area contributed by atoms with Crippen LogP contribution in [0.1, 0.15) is 79.1 Å². The molecule has 8 nitrogen and oxygen atoms in total. The quantitative estimate of drug-likeness (QED) is 0.249. The van der Waals surface area contributed by atoms with Gasteiger partial charge in [-0.1, -0.05) is 32.6 Å². The number of carbonyl (C=O) groups excluding carboxylic acids is 2. The van der Waals surface area contributed by atoms with Gasteiger partial charge in [-0.05, 0) is 46.5 Å². The minimum atomic E-state index is -0.519. The summed E-state index contributed by atoms with van der Waals surface area (Å²) in [6.45, 7) is 9.75. The molecule has 32 heavy (non-hydrogen) atoms. The van der Waals surface area contributed by atoms with Gasteiger partial charge in [0.05, 0.1) is 0 Å². The minimum absolute atomic E-state index is 0. The van der Waals surface area contributed by atoms with Crippen molar-refractivity contribution in [3.63, 3.8) is 0 Å². The molecule has 0 spiro atoms. The summed E-state index contributed by atoms with van der Waals surface area (Å²) < 4.78 is 5.38. The lowest BCUT2D eigenvalue weighted by atomic mass is 9.88. The molecule has 0 aromatic carbocycles. The summed E-state index contributed by atoms with van der Waals surface area (Å²) in [5.41, 5.74) is -0.519. The molecule has 9 heteroatoms. The summed E-state index contributed by atoms with van der Waals surface area (Å²) in [5.74, 6) is 1.25. The van der Waals surface area contributed by atoms with E-state index in [1.165, 1.54) is 19.3 Å². The number of rotatable bonds is 7. The second kappa shape index (κ2) is 14.1. The Morgan fingerprint density at radius 3 is 2.44 bits per heavy atom. The fraction of sp³-hybridized carbons (Fsp3) is 0.870. The largest absolute Gasteiger partial charge is 0.444 e. The highest BCUT2D eigenvalue weighted by Crippen LogP contribution is 2.26. The van der Waals surface area contributed by atoms with Crippen LogP contribution >= 0.6 is 24.0 Å². The van der Waals surface area contributed by atoms with Gasteiger partial charge in [0.1, 0.15) is 5.60 Å². The third-order valence-corrected chi connectivity index (χ3v) is 5.89. The summed E-state index contributed by atoms with van der Waals surface area (Å²) in [7, 11) is 1.74. The van der Waals surface area contributed by atoms with Gasteiger partial charge in [-0.25, -0.2) is 4.79 Å². The normalized spacial score (nSPS) is 20.8. The van der Waals surface area contributed by atoms with Crippen molar-refractivity contribution in [2.24, 2.45) is 10.9 Å². The Morgan fingerprint density at radius 2 is 1.84 bits per heavy atom. The Balaban J connectivity index is 0.00000512. The number of hydrogen-bond donors (Lipinski definition) is 3. The molecule has 0 radical (unpaired) electrons. The van der Waals surface area contributed by atoms with Gasteiger partial charge < -0.3 is 25.6 Å². The third kappa shape index (κ3) is 10.1. The molecule has 2 fully saturated rings. The summed E-state index contributed by atoms with van der Waals surface area (Å²) in [6, 6.07) is 0.147. The van der Waals surface area contributed by atoms with Crippen LogP contribution in [0, 0.1) is 5.92 Å². The molecular weight excluding hydrogens is 521 g/mol. The van der Waals surface area contributed by atoms with Crippen molar-refractivity contribution in [1.29, 1.82) is 0 Å². The molecular formula is C23H44IN5O3. The van der Waals surface area contributed by atoms with Crippen LogP contribution in [-0.4, -0.2) is 67.2 Å². The van der Waals surface area contributed by atoms with Crippen molar-refractivity contribution in [2.45, 2.75) is 96.7 Å². The predicted molar refractivity (Wildman–Crippen MR) is 140 cm³/mol. The van der Waals surface area contributed by atoms with Crippen LogP contribution in [0.25, 0.3) is 0 Å². The summed E-state index contributed by atoms with van der Waals surface area (Å²) in [6.07, 6.45) is 8.03. The number of carbonyl (C=O) groups is 2. The molecule has 2 amide bonds. The zero-order valence-corrected chi connectivity index (χ0v) is 22.9. The van der Waals surface area contributed by atoms with E-state index in [-0.39, 0.29) is 42.0 Å². The SMILES string of the molecule is CCCC(CNC(=NC)NC1CCN(C(=O)C2CCCCC2)C1)NC(=O)OC(C)(C)C.I. The maximum Gasteiger partial charge on any atom is 0.407 e. The molecule has 1 aliphatic carbocycles. The Labute approximate surface area is 211 Å². The smallest absolute Gasteiger partial charge is 0.407 e. The summed E-state index contributed by atoms with van der Waals surface area (Å²) in [5, 5.41) is 9.71. The zero-order valence-electron chi connectivity index (χ0n) is 20.5. The first kappa shape index (κ1) is 28.8. The van der Waals surface area contributed by atoms with E-state index in [1.54, 1.807) is 7.05 Å². The highest BCUT2D eigenvalue weighted by Gasteiger charge is 2.32. The van der Waals surface area contributed by atoms with Crippen molar-refractivity contribution in [1.82, 2.24) is 20.9 Å². The topological polar surface area (TPSA) is 95.1 Å². The van der Waals surface area contributed by atoms with Crippen LogP contribution < -0.4 is 16.0 Å². The van der Waals surface area contributed by atoms with Crippen LogP contribution in [-0.2, 0) is 9.53 Å². The van der Waals surface area contributed by atoms with E-state index in [0.717, 1.165) is 45.2 Å². The summed E-state index contributed by atoms with van der Waals surface area (Å²) >= 11 is 0. The summed E-state index contributed by atoms with van der Waals surface area (Å²) in [4.78, 5) is 31.3. The van der Waals surface area contributed by atoms with Crippen molar-refractivity contribution in [2.75, 3.05) is 26.7 Å². The number of alkyl carbamates (subject to hydrolysis) is 1. The van der Waals surface area contributed by atoms with E-state index in [9.17, 15) is 9.59 Å². The molecule has 0 aromatic heterocycles. The number of nitrogens with zero attached hydrogens (tertiary/aromatic N) is 2. The molecule has 186 valence electrons. The van der Waals surface area contributed by atoms with Crippen LogP contribution in [0.15, 0.2) is 4.99 Å². The van der Waals surface area contributed by atoms with E-state index >= 15 is 0 Å². The van der Waals surface area contributed by atoms with Gasteiger partial charge in [-0.15, -0.1) is 24.0 Å². The van der Waals surface area contributed by atoms with Crippen molar-refractivity contribution >= 4 is 41.9 Å². The second-order valence-electron chi connectivity index (χ2n) is 9.83. The van der Waals surface area contributed by atoms with Crippen LogP contribution in [0.5, 0.6) is 0 Å². The molecule has 1 heterocycles. The molecule has 2 unspecified atom stereocenters.